The number of benzene rings is 1. The Hall–Kier alpha value is -1.44. The molecule has 0 aliphatic rings. The third kappa shape index (κ3) is 4.14. The normalized spacial score (nSPS) is 12.7. The minimum absolute atomic E-state index is 0.209. The van der Waals surface area contributed by atoms with Crippen LogP contribution in [0.2, 0.25) is 0 Å². The lowest BCUT2D eigenvalue weighted by atomic mass is 9.86. The van der Waals surface area contributed by atoms with Crippen LogP contribution in [0.3, 0.4) is 0 Å². The van der Waals surface area contributed by atoms with E-state index in [0.29, 0.717) is 0 Å². The van der Waals surface area contributed by atoms with E-state index in [1.807, 2.05) is 31.2 Å². The van der Waals surface area contributed by atoms with Crippen LogP contribution in [0.25, 0.3) is 0 Å². The highest BCUT2D eigenvalue weighted by Gasteiger charge is 2.15. The van der Waals surface area contributed by atoms with Gasteiger partial charge in [-0.3, -0.25) is 9.98 Å². The van der Waals surface area contributed by atoms with Crippen molar-refractivity contribution in [2.45, 2.75) is 40.5 Å². The highest BCUT2D eigenvalue weighted by molar-refractivity contribution is 5.70. The van der Waals surface area contributed by atoms with E-state index >= 15 is 0 Å². The molecule has 2 heteroatoms. The molecule has 0 unspecified atom stereocenters. The quantitative estimate of drug-likeness (QED) is 0.640. The molecule has 0 N–H and O–H groups in total. The standard InChI is InChI=1S/C15H22N2/c1-5-15(4,6-2)12-17-14-10-8-13(9-11-14)16-7-3/h7-12H,5-6H2,1-4H3. The zero-order valence-corrected chi connectivity index (χ0v) is 11.3. The minimum atomic E-state index is 0.209. The number of rotatable bonds is 5. The van der Waals surface area contributed by atoms with Gasteiger partial charge in [0.15, 0.2) is 0 Å². The molecule has 1 aromatic rings. The summed E-state index contributed by atoms with van der Waals surface area (Å²) < 4.78 is 0. The van der Waals surface area contributed by atoms with Gasteiger partial charge < -0.3 is 0 Å². The lowest BCUT2D eigenvalue weighted by Crippen LogP contribution is -2.14. The number of hydrogen-bond donors (Lipinski definition) is 0. The molecule has 1 aromatic carbocycles. The predicted molar refractivity (Wildman–Crippen MR) is 77.1 cm³/mol. The van der Waals surface area contributed by atoms with Gasteiger partial charge in [0.1, 0.15) is 0 Å². The zero-order chi connectivity index (χ0) is 12.7. The van der Waals surface area contributed by atoms with Crippen LogP contribution in [0.15, 0.2) is 34.3 Å². The maximum Gasteiger partial charge on any atom is 0.0627 e. The van der Waals surface area contributed by atoms with Crippen molar-refractivity contribution >= 4 is 23.8 Å². The Labute approximate surface area is 105 Å². The molecule has 0 aromatic heterocycles. The van der Waals surface area contributed by atoms with Crippen molar-refractivity contribution in [3.63, 3.8) is 0 Å². The molecule has 0 saturated heterocycles. The lowest BCUT2D eigenvalue weighted by Gasteiger charge is -2.20. The molecule has 0 aliphatic carbocycles. The van der Waals surface area contributed by atoms with E-state index < -0.39 is 0 Å². The fraction of sp³-hybridized carbons (Fsp3) is 0.467. The first-order valence-corrected chi connectivity index (χ1v) is 6.27. The van der Waals surface area contributed by atoms with Crippen LogP contribution in [0.4, 0.5) is 11.4 Å². The van der Waals surface area contributed by atoms with E-state index in [1.54, 1.807) is 6.21 Å². The molecule has 0 heterocycles. The van der Waals surface area contributed by atoms with Gasteiger partial charge in [-0.15, -0.1) is 0 Å². The minimum Gasteiger partial charge on any atom is -0.262 e. The summed E-state index contributed by atoms with van der Waals surface area (Å²) in [5.74, 6) is 0. The van der Waals surface area contributed by atoms with Crippen LogP contribution in [0.5, 0.6) is 0 Å². The SMILES string of the molecule is CC=Nc1ccc(N=CC(C)(CC)CC)cc1. The van der Waals surface area contributed by atoms with Crippen molar-refractivity contribution in [1.82, 2.24) is 0 Å². The Morgan fingerprint density at radius 1 is 1.00 bits per heavy atom. The molecule has 0 atom stereocenters. The Kier molecular flexibility index (Phi) is 5.08. The number of hydrogen-bond acceptors (Lipinski definition) is 2. The molecule has 0 saturated carbocycles. The second-order valence-corrected chi connectivity index (χ2v) is 4.52. The maximum atomic E-state index is 4.54. The molecule has 92 valence electrons. The average Bonchev–Trinajstić information content (AvgIpc) is 2.38. The van der Waals surface area contributed by atoms with Gasteiger partial charge in [0.05, 0.1) is 11.4 Å². The summed E-state index contributed by atoms with van der Waals surface area (Å²) in [6.07, 6.45) is 6.10. The van der Waals surface area contributed by atoms with Crippen molar-refractivity contribution in [2.24, 2.45) is 15.4 Å². The van der Waals surface area contributed by atoms with Crippen LogP contribution in [0.1, 0.15) is 40.5 Å². The highest BCUT2D eigenvalue weighted by atomic mass is 14.7. The zero-order valence-electron chi connectivity index (χ0n) is 11.3. The second-order valence-electron chi connectivity index (χ2n) is 4.52. The third-order valence-electron chi connectivity index (χ3n) is 3.27. The Balaban J connectivity index is 2.78. The van der Waals surface area contributed by atoms with E-state index in [0.717, 1.165) is 24.2 Å². The Morgan fingerprint density at radius 3 is 1.88 bits per heavy atom. The van der Waals surface area contributed by atoms with Gasteiger partial charge in [-0.2, -0.15) is 0 Å². The second kappa shape index (κ2) is 6.33. The van der Waals surface area contributed by atoms with E-state index in [-0.39, 0.29) is 5.41 Å². The van der Waals surface area contributed by atoms with E-state index in [2.05, 4.69) is 37.0 Å². The molecule has 0 amide bonds. The molecular weight excluding hydrogens is 208 g/mol. The van der Waals surface area contributed by atoms with Crippen molar-refractivity contribution in [1.29, 1.82) is 0 Å². The maximum absolute atomic E-state index is 4.54. The van der Waals surface area contributed by atoms with Crippen molar-refractivity contribution in [3.05, 3.63) is 24.3 Å². The van der Waals surface area contributed by atoms with Crippen molar-refractivity contribution < 1.29 is 0 Å². The van der Waals surface area contributed by atoms with Crippen LogP contribution >= 0.6 is 0 Å². The fourth-order valence-electron chi connectivity index (χ4n) is 1.44. The third-order valence-corrected chi connectivity index (χ3v) is 3.27. The first-order chi connectivity index (χ1) is 8.13. The van der Waals surface area contributed by atoms with E-state index in [4.69, 9.17) is 0 Å². The lowest BCUT2D eigenvalue weighted by molar-refractivity contribution is 0.444. The topological polar surface area (TPSA) is 24.7 Å². The van der Waals surface area contributed by atoms with E-state index in [9.17, 15) is 0 Å². The average molecular weight is 230 g/mol. The molecule has 0 bridgehead atoms. The van der Waals surface area contributed by atoms with Gasteiger partial charge in [-0.25, -0.2) is 0 Å². The molecule has 0 aliphatic heterocycles. The number of aliphatic imine (C=N–C) groups is 2. The molecule has 17 heavy (non-hydrogen) atoms. The first kappa shape index (κ1) is 13.6. The summed E-state index contributed by atoms with van der Waals surface area (Å²) >= 11 is 0. The van der Waals surface area contributed by atoms with Crippen molar-refractivity contribution in [3.8, 4) is 0 Å². The molecule has 0 spiro atoms. The summed E-state index contributed by atoms with van der Waals surface area (Å²) in [6, 6.07) is 7.99. The smallest absolute Gasteiger partial charge is 0.0627 e. The van der Waals surface area contributed by atoms with Crippen LogP contribution in [-0.2, 0) is 0 Å². The Bertz CT molecular complexity index is 384. The molecular formula is C15H22N2. The van der Waals surface area contributed by atoms with Gasteiger partial charge in [0.25, 0.3) is 0 Å². The molecule has 2 nitrogen and oxygen atoms in total. The number of nitrogens with zero attached hydrogens (tertiary/aromatic N) is 2. The van der Waals surface area contributed by atoms with Crippen LogP contribution in [-0.4, -0.2) is 12.4 Å². The van der Waals surface area contributed by atoms with Crippen molar-refractivity contribution in [2.75, 3.05) is 0 Å². The van der Waals surface area contributed by atoms with Gasteiger partial charge in [0.2, 0.25) is 0 Å². The molecule has 1 rings (SSSR count). The summed E-state index contributed by atoms with van der Waals surface area (Å²) in [4.78, 5) is 8.76. The summed E-state index contributed by atoms with van der Waals surface area (Å²) in [5.41, 5.74) is 2.17. The van der Waals surface area contributed by atoms with Gasteiger partial charge in [-0.05, 0) is 44.0 Å². The van der Waals surface area contributed by atoms with Gasteiger partial charge >= 0.3 is 0 Å². The molecule has 0 fully saturated rings. The summed E-state index contributed by atoms with van der Waals surface area (Å²) in [6.45, 7) is 8.56. The van der Waals surface area contributed by atoms with Gasteiger partial charge in [-0.1, -0.05) is 20.8 Å². The highest BCUT2D eigenvalue weighted by Crippen LogP contribution is 2.25. The van der Waals surface area contributed by atoms with Crippen LogP contribution in [0, 0.1) is 5.41 Å². The monoisotopic (exact) mass is 230 g/mol. The van der Waals surface area contributed by atoms with Gasteiger partial charge in [0, 0.05) is 17.8 Å². The van der Waals surface area contributed by atoms with Crippen LogP contribution < -0.4 is 0 Å². The Morgan fingerprint density at radius 2 is 1.47 bits per heavy atom. The molecule has 0 radical (unpaired) electrons. The van der Waals surface area contributed by atoms with E-state index in [1.165, 1.54) is 0 Å². The summed E-state index contributed by atoms with van der Waals surface area (Å²) in [7, 11) is 0. The first-order valence-electron chi connectivity index (χ1n) is 6.27. The fourth-order valence-corrected chi connectivity index (χ4v) is 1.44. The summed E-state index contributed by atoms with van der Waals surface area (Å²) in [5, 5.41) is 0. The predicted octanol–water partition coefficient (Wildman–Crippen LogP) is 4.94. The largest absolute Gasteiger partial charge is 0.262 e.